The Hall–Kier alpha value is -1.68. The average molecular weight is 271 g/mol. The molecular formula is C16H21N3O. The molecule has 106 valence electrons. The zero-order valence-corrected chi connectivity index (χ0v) is 12.0. The lowest BCUT2D eigenvalue weighted by Gasteiger charge is -2.30. The third-order valence-corrected chi connectivity index (χ3v) is 4.19. The molecule has 2 unspecified atom stereocenters. The molecule has 0 radical (unpaired) electrons. The summed E-state index contributed by atoms with van der Waals surface area (Å²) in [6.45, 7) is 4.20. The van der Waals surface area contributed by atoms with Gasteiger partial charge in [-0.15, -0.1) is 0 Å². The third kappa shape index (κ3) is 2.36. The van der Waals surface area contributed by atoms with Crippen LogP contribution < -0.4 is 0 Å². The molecule has 0 amide bonds. The highest BCUT2D eigenvalue weighted by Crippen LogP contribution is 2.36. The SMILES string of the molecule is CC(C)n1ncnc1CC1CCc2ccccc2C1O. The van der Waals surface area contributed by atoms with Crippen LogP contribution in [-0.2, 0) is 12.8 Å². The van der Waals surface area contributed by atoms with Crippen LogP contribution in [0, 0.1) is 5.92 Å². The number of fused-ring (bicyclic) bond motifs is 1. The summed E-state index contributed by atoms with van der Waals surface area (Å²) in [6, 6.07) is 8.51. The maximum atomic E-state index is 10.6. The van der Waals surface area contributed by atoms with Gasteiger partial charge in [-0.2, -0.15) is 5.10 Å². The summed E-state index contributed by atoms with van der Waals surface area (Å²) in [7, 11) is 0. The molecule has 1 aromatic heterocycles. The summed E-state index contributed by atoms with van der Waals surface area (Å²) in [4.78, 5) is 4.36. The zero-order valence-electron chi connectivity index (χ0n) is 12.0. The molecule has 0 fully saturated rings. The molecule has 1 aromatic carbocycles. The van der Waals surface area contributed by atoms with Gasteiger partial charge in [0.25, 0.3) is 0 Å². The number of benzene rings is 1. The second kappa shape index (κ2) is 5.37. The third-order valence-electron chi connectivity index (χ3n) is 4.19. The van der Waals surface area contributed by atoms with Crippen molar-refractivity contribution < 1.29 is 5.11 Å². The van der Waals surface area contributed by atoms with Crippen LogP contribution in [0.25, 0.3) is 0 Å². The van der Waals surface area contributed by atoms with Crippen molar-refractivity contribution >= 4 is 0 Å². The fourth-order valence-corrected chi connectivity index (χ4v) is 3.10. The lowest BCUT2D eigenvalue weighted by molar-refractivity contribution is 0.0916. The Balaban J connectivity index is 1.81. The van der Waals surface area contributed by atoms with Gasteiger partial charge in [0.05, 0.1) is 6.10 Å². The Labute approximate surface area is 119 Å². The van der Waals surface area contributed by atoms with E-state index in [-0.39, 0.29) is 5.92 Å². The van der Waals surface area contributed by atoms with Crippen molar-refractivity contribution in [3.8, 4) is 0 Å². The number of hydrogen-bond acceptors (Lipinski definition) is 3. The van der Waals surface area contributed by atoms with Crippen LogP contribution in [0.2, 0.25) is 0 Å². The van der Waals surface area contributed by atoms with Crippen molar-refractivity contribution in [1.29, 1.82) is 0 Å². The fourth-order valence-electron chi connectivity index (χ4n) is 3.10. The van der Waals surface area contributed by atoms with Crippen molar-refractivity contribution in [2.45, 2.75) is 45.3 Å². The van der Waals surface area contributed by atoms with Gasteiger partial charge in [0, 0.05) is 12.5 Å². The summed E-state index contributed by atoms with van der Waals surface area (Å²) in [6.07, 6.45) is 4.04. The van der Waals surface area contributed by atoms with E-state index in [0.29, 0.717) is 6.04 Å². The molecule has 0 aliphatic heterocycles. The van der Waals surface area contributed by atoms with E-state index in [2.05, 4.69) is 30.0 Å². The van der Waals surface area contributed by atoms with Gasteiger partial charge in [0.1, 0.15) is 12.2 Å². The zero-order chi connectivity index (χ0) is 14.1. The highest BCUT2D eigenvalue weighted by atomic mass is 16.3. The first-order valence-corrected chi connectivity index (χ1v) is 7.31. The number of hydrogen-bond donors (Lipinski definition) is 1. The molecule has 20 heavy (non-hydrogen) atoms. The van der Waals surface area contributed by atoms with Gasteiger partial charge >= 0.3 is 0 Å². The first-order valence-electron chi connectivity index (χ1n) is 7.31. The quantitative estimate of drug-likeness (QED) is 0.933. The molecule has 1 aliphatic rings. The van der Waals surface area contributed by atoms with E-state index in [1.807, 2.05) is 22.9 Å². The molecule has 4 nitrogen and oxygen atoms in total. The Kier molecular flexibility index (Phi) is 3.57. The van der Waals surface area contributed by atoms with E-state index in [1.54, 1.807) is 6.33 Å². The Morgan fingerprint density at radius 1 is 1.35 bits per heavy atom. The van der Waals surface area contributed by atoms with Crippen LogP contribution in [0.4, 0.5) is 0 Å². The van der Waals surface area contributed by atoms with Crippen molar-refractivity contribution in [3.05, 3.63) is 47.5 Å². The number of aromatic nitrogens is 3. The molecule has 1 heterocycles. The van der Waals surface area contributed by atoms with E-state index in [9.17, 15) is 5.11 Å². The molecule has 0 saturated heterocycles. The predicted molar refractivity (Wildman–Crippen MR) is 77.3 cm³/mol. The van der Waals surface area contributed by atoms with Crippen molar-refractivity contribution in [2.75, 3.05) is 0 Å². The molecule has 2 atom stereocenters. The normalized spacial score (nSPS) is 22.0. The first kappa shape index (κ1) is 13.3. The summed E-state index contributed by atoms with van der Waals surface area (Å²) in [5.41, 5.74) is 2.36. The lowest BCUT2D eigenvalue weighted by atomic mass is 9.80. The first-order chi connectivity index (χ1) is 9.66. The van der Waals surface area contributed by atoms with Crippen molar-refractivity contribution in [3.63, 3.8) is 0 Å². The van der Waals surface area contributed by atoms with Gasteiger partial charge in [-0.1, -0.05) is 24.3 Å². The van der Waals surface area contributed by atoms with E-state index in [0.717, 1.165) is 30.7 Å². The van der Waals surface area contributed by atoms with Gasteiger partial charge in [0.15, 0.2) is 0 Å². The smallest absolute Gasteiger partial charge is 0.138 e. The molecule has 2 aromatic rings. The number of aliphatic hydroxyl groups is 1. The summed E-state index contributed by atoms with van der Waals surface area (Å²) >= 11 is 0. The second-order valence-corrected chi connectivity index (χ2v) is 5.86. The molecule has 0 saturated carbocycles. The summed E-state index contributed by atoms with van der Waals surface area (Å²) in [5.74, 6) is 1.20. The number of rotatable bonds is 3. The molecule has 4 heteroatoms. The molecule has 1 aliphatic carbocycles. The van der Waals surface area contributed by atoms with Crippen LogP contribution in [0.15, 0.2) is 30.6 Å². The fraction of sp³-hybridized carbons (Fsp3) is 0.500. The van der Waals surface area contributed by atoms with Crippen LogP contribution >= 0.6 is 0 Å². The minimum atomic E-state index is -0.391. The number of aryl methyl sites for hydroxylation is 1. The average Bonchev–Trinajstić information content (AvgIpc) is 2.91. The molecular weight excluding hydrogens is 250 g/mol. The van der Waals surface area contributed by atoms with Crippen LogP contribution in [0.5, 0.6) is 0 Å². The molecule has 3 rings (SSSR count). The van der Waals surface area contributed by atoms with Crippen LogP contribution in [0.3, 0.4) is 0 Å². The maximum absolute atomic E-state index is 10.6. The van der Waals surface area contributed by atoms with Crippen molar-refractivity contribution in [1.82, 2.24) is 14.8 Å². The minimum Gasteiger partial charge on any atom is -0.388 e. The standard InChI is InChI=1S/C16H21N3O/c1-11(2)19-15(17-10-18-19)9-13-8-7-12-5-3-4-6-14(12)16(13)20/h3-6,10-11,13,16,20H,7-9H2,1-2H3. The highest BCUT2D eigenvalue weighted by molar-refractivity contribution is 5.32. The Bertz CT molecular complexity index is 591. The predicted octanol–water partition coefficient (Wildman–Crippen LogP) is 2.70. The molecule has 1 N–H and O–H groups in total. The highest BCUT2D eigenvalue weighted by Gasteiger charge is 2.29. The van der Waals surface area contributed by atoms with E-state index in [4.69, 9.17) is 0 Å². The number of aliphatic hydroxyl groups excluding tert-OH is 1. The lowest BCUT2D eigenvalue weighted by Crippen LogP contribution is -2.24. The number of nitrogens with zero attached hydrogens (tertiary/aromatic N) is 3. The monoisotopic (exact) mass is 271 g/mol. The molecule has 0 bridgehead atoms. The van der Waals surface area contributed by atoms with Gasteiger partial charge in [0.2, 0.25) is 0 Å². The van der Waals surface area contributed by atoms with Gasteiger partial charge in [-0.3, -0.25) is 0 Å². The minimum absolute atomic E-state index is 0.228. The van der Waals surface area contributed by atoms with Crippen molar-refractivity contribution in [2.24, 2.45) is 5.92 Å². The Morgan fingerprint density at radius 3 is 2.95 bits per heavy atom. The topological polar surface area (TPSA) is 50.9 Å². The van der Waals surface area contributed by atoms with Gasteiger partial charge < -0.3 is 5.11 Å². The van der Waals surface area contributed by atoms with Gasteiger partial charge in [-0.05, 0) is 43.7 Å². The van der Waals surface area contributed by atoms with E-state index in [1.165, 1.54) is 5.56 Å². The van der Waals surface area contributed by atoms with Gasteiger partial charge in [-0.25, -0.2) is 9.67 Å². The van der Waals surface area contributed by atoms with E-state index < -0.39 is 6.10 Å². The Morgan fingerprint density at radius 2 is 2.15 bits per heavy atom. The largest absolute Gasteiger partial charge is 0.388 e. The molecule has 0 spiro atoms. The second-order valence-electron chi connectivity index (χ2n) is 5.86. The summed E-state index contributed by atoms with van der Waals surface area (Å²) in [5, 5.41) is 14.9. The van der Waals surface area contributed by atoms with Crippen LogP contribution in [0.1, 0.15) is 49.4 Å². The van der Waals surface area contributed by atoms with Crippen LogP contribution in [-0.4, -0.2) is 19.9 Å². The summed E-state index contributed by atoms with van der Waals surface area (Å²) < 4.78 is 1.95. The maximum Gasteiger partial charge on any atom is 0.138 e. The van der Waals surface area contributed by atoms with E-state index >= 15 is 0 Å².